The second-order valence-corrected chi connectivity index (χ2v) is 7.46. The van der Waals surface area contributed by atoms with E-state index in [1.54, 1.807) is 18.2 Å². The summed E-state index contributed by atoms with van der Waals surface area (Å²) in [5.41, 5.74) is -0.658. The van der Waals surface area contributed by atoms with Crippen LogP contribution in [0.4, 0.5) is 0 Å². The molecule has 1 saturated carbocycles. The Morgan fingerprint density at radius 2 is 2.21 bits per heavy atom. The highest BCUT2D eigenvalue weighted by Crippen LogP contribution is 2.50. The number of nitrogens with zero attached hydrogens (tertiary/aromatic N) is 1. The second kappa shape index (κ2) is 4.25. The van der Waals surface area contributed by atoms with E-state index in [0.717, 1.165) is 3.29 Å². The van der Waals surface area contributed by atoms with Gasteiger partial charge >= 0.3 is 0 Å². The van der Waals surface area contributed by atoms with E-state index in [9.17, 15) is 8.42 Å². The predicted molar refractivity (Wildman–Crippen MR) is 69.4 cm³/mol. The largest absolute Gasteiger partial charge is 0.485 e. The van der Waals surface area contributed by atoms with Gasteiger partial charge in [0, 0.05) is 23.6 Å². The van der Waals surface area contributed by atoms with Gasteiger partial charge in [0.05, 0.1) is 0 Å². The van der Waals surface area contributed by atoms with Crippen LogP contribution in [0.5, 0.6) is 11.5 Å². The van der Waals surface area contributed by atoms with Gasteiger partial charge in [-0.25, -0.2) is 5.14 Å². The maximum absolute atomic E-state index is 11.3. The van der Waals surface area contributed by atoms with Crippen molar-refractivity contribution in [1.29, 1.82) is 0 Å². The first-order valence-corrected chi connectivity index (χ1v) is 7.90. The van der Waals surface area contributed by atoms with E-state index in [2.05, 4.69) is 16.5 Å². The molecule has 0 amide bonds. The van der Waals surface area contributed by atoms with E-state index in [0.29, 0.717) is 22.9 Å². The molecule has 0 bridgehead atoms. The molecule has 1 aliphatic heterocycles. The van der Waals surface area contributed by atoms with Gasteiger partial charge in [0.2, 0.25) is 0 Å². The highest BCUT2D eigenvalue weighted by molar-refractivity contribution is 7.87. The fourth-order valence-electron chi connectivity index (χ4n) is 2.16. The summed E-state index contributed by atoms with van der Waals surface area (Å²) < 4.78 is 35.1. The topological polar surface area (TPSA) is 81.9 Å². The molecule has 1 spiro atoms. The molecule has 6 nitrogen and oxygen atoms in total. The van der Waals surface area contributed by atoms with Crippen molar-refractivity contribution in [2.24, 2.45) is 5.14 Å². The first kappa shape index (κ1) is 13.5. The van der Waals surface area contributed by atoms with Gasteiger partial charge in [-0.15, -0.1) is 0 Å². The number of benzene rings is 1. The van der Waals surface area contributed by atoms with Gasteiger partial charge in [0.25, 0.3) is 26.7 Å². The molecular weight excluding hydrogens is 307 g/mol. The maximum atomic E-state index is 11.3. The standard InChI is InChI=1S/C10H10ClN2O4S.Al/c11-6-1-2-7-8(3-6)16-5-10(17-7)4-9(10)13-18(12,14)15;/h1-3,9H,4-5H2,(H2,12,14,15);/q-1;+1/t9-,10?;/m1./s1. The molecule has 0 saturated heterocycles. The lowest BCUT2D eigenvalue weighted by Gasteiger charge is -2.29. The Bertz CT molecular complexity index is 640. The zero-order chi connectivity index (χ0) is 13.8. The van der Waals surface area contributed by atoms with Crippen LogP contribution in [0, 0.1) is 0 Å². The fourth-order valence-corrected chi connectivity index (χ4v) is 3.32. The van der Waals surface area contributed by atoms with Crippen molar-refractivity contribution in [2.45, 2.75) is 18.1 Å². The third kappa shape index (κ3) is 2.33. The second-order valence-electron chi connectivity index (χ2n) is 4.64. The number of nitrogens with two attached hydrogens (primary N) is 1. The molecule has 2 aliphatic rings. The first-order chi connectivity index (χ1) is 8.82. The van der Waals surface area contributed by atoms with Crippen molar-refractivity contribution in [3.63, 3.8) is 0 Å². The van der Waals surface area contributed by atoms with Gasteiger partial charge in [0.1, 0.15) is 6.61 Å². The Kier molecular flexibility index (Phi) is 3.02. The van der Waals surface area contributed by atoms with Gasteiger partial charge in [-0.05, 0) is 12.1 Å². The average Bonchev–Trinajstić information content (AvgIpc) is 3.01. The van der Waals surface area contributed by atoms with E-state index in [1.807, 2.05) is 0 Å². The number of hydrogen-bond donors (Lipinski definition) is 1. The number of hydrogen-bond acceptors (Lipinski definition) is 4. The van der Waals surface area contributed by atoms with E-state index in [1.165, 1.54) is 0 Å². The summed E-state index contributed by atoms with van der Waals surface area (Å²) in [4.78, 5) is 0. The molecule has 2 N–H and O–H groups in total. The van der Waals surface area contributed by atoms with Crippen LogP contribution in [0.15, 0.2) is 18.2 Å². The van der Waals surface area contributed by atoms with Gasteiger partial charge in [0.15, 0.2) is 17.1 Å². The van der Waals surface area contributed by atoms with Crippen LogP contribution in [-0.2, 0) is 10.2 Å². The third-order valence-electron chi connectivity index (χ3n) is 3.28. The quantitative estimate of drug-likeness (QED) is 0.791. The lowest BCUT2D eigenvalue weighted by Crippen LogP contribution is -2.44. The Balaban J connectivity index is 1.83. The van der Waals surface area contributed by atoms with Crippen molar-refractivity contribution >= 4 is 38.3 Å². The SMILES string of the molecule is NS(=O)(=O)[N]([Al])[C@@H]1CC12COc1cc(Cl)ccc1O2. The summed E-state index contributed by atoms with van der Waals surface area (Å²) in [5, 5.41) is 5.65. The predicted octanol–water partition coefficient (Wildman–Crippen LogP) is 0.211. The average molecular weight is 317 g/mol. The number of rotatable bonds is 2. The summed E-state index contributed by atoms with van der Waals surface area (Å²) in [6.07, 6.45) is 0.537. The summed E-state index contributed by atoms with van der Waals surface area (Å²) in [7, 11) is -3.76. The van der Waals surface area contributed by atoms with Crippen LogP contribution in [0.25, 0.3) is 0 Å². The zero-order valence-corrected chi connectivity index (χ0v) is 12.5. The number of halogens is 1. The van der Waals surface area contributed by atoms with Gasteiger partial charge in [-0.2, -0.15) is 8.42 Å². The zero-order valence-electron chi connectivity index (χ0n) is 9.74. The molecule has 19 heavy (non-hydrogen) atoms. The fraction of sp³-hybridized carbons (Fsp3) is 0.400. The summed E-state index contributed by atoms with van der Waals surface area (Å²) >= 11 is 7.97. The molecule has 1 unspecified atom stereocenters. The van der Waals surface area contributed by atoms with Crippen LogP contribution in [0.1, 0.15) is 6.42 Å². The molecule has 100 valence electrons. The number of fused-ring (bicyclic) bond motifs is 1. The lowest BCUT2D eigenvalue weighted by molar-refractivity contribution is 0.0610. The molecule has 1 aromatic rings. The molecule has 0 aromatic heterocycles. The van der Waals surface area contributed by atoms with E-state index >= 15 is 0 Å². The monoisotopic (exact) mass is 316 g/mol. The van der Waals surface area contributed by atoms with Crippen LogP contribution >= 0.6 is 11.6 Å². The minimum Gasteiger partial charge on any atom is -0.485 e. The van der Waals surface area contributed by atoms with Crippen molar-refractivity contribution in [3.05, 3.63) is 23.2 Å². The molecule has 2 radical (unpaired) electrons. The molecule has 1 aliphatic carbocycles. The smallest absolute Gasteiger partial charge is 0.287 e. The van der Waals surface area contributed by atoms with Gasteiger partial charge in [-0.1, -0.05) is 11.6 Å². The summed E-state index contributed by atoms with van der Waals surface area (Å²) in [5.74, 6) is 1.13. The molecule has 2 atom stereocenters. The van der Waals surface area contributed by atoms with E-state index in [-0.39, 0.29) is 12.6 Å². The van der Waals surface area contributed by atoms with Crippen LogP contribution in [-0.4, -0.2) is 46.5 Å². The molecule has 9 heteroatoms. The molecule has 1 heterocycles. The minimum absolute atomic E-state index is 0.269. The Morgan fingerprint density at radius 3 is 2.89 bits per heavy atom. The van der Waals surface area contributed by atoms with Crippen molar-refractivity contribution < 1.29 is 17.9 Å². The first-order valence-electron chi connectivity index (χ1n) is 5.50. The Hall–Kier alpha value is -0.488. The van der Waals surface area contributed by atoms with Crippen LogP contribution < -0.4 is 14.6 Å². The highest BCUT2D eigenvalue weighted by atomic mass is 35.5. The Morgan fingerprint density at radius 1 is 1.47 bits per heavy atom. The van der Waals surface area contributed by atoms with Crippen molar-refractivity contribution in [1.82, 2.24) is 3.29 Å². The summed E-state index contributed by atoms with van der Waals surface area (Å²) in [6, 6.07) is 4.73. The highest BCUT2D eigenvalue weighted by Gasteiger charge is 2.62. The van der Waals surface area contributed by atoms with Gasteiger partial charge in [-0.3, -0.25) is 3.29 Å². The lowest BCUT2D eigenvalue weighted by atomic mass is 10.2. The third-order valence-corrected chi connectivity index (χ3v) is 5.60. The van der Waals surface area contributed by atoms with Crippen LogP contribution in [0.3, 0.4) is 0 Å². The maximum Gasteiger partial charge on any atom is 0.287 e. The number of ether oxygens (including phenoxy) is 2. The van der Waals surface area contributed by atoms with Gasteiger partial charge < -0.3 is 9.47 Å². The molecule has 3 rings (SSSR count). The molecule has 1 fully saturated rings. The van der Waals surface area contributed by atoms with Crippen molar-refractivity contribution in [3.8, 4) is 11.5 Å². The molecular formula is C10H10AlClN2O4S. The normalized spacial score (nSPS) is 28.7. The summed E-state index contributed by atoms with van der Waals surface area (Å²) in [6.45, 7) is 0.269. The van der Waals surface area contributed by atoms with Crippen LogP contribution in [0.2, 0.25) is 5.02 Å². The van der Waals surface area contributed by atoms with Crippen molar-refractivity contribution in [2.75, 3.05) is 6.61 Å². The minimum atomic E-state index is -3.76. The molecule has 1 aromatic carbocycles. The van der Waals surface area contributed by atoms with E-state index < -0.39 is 15.8 Å². The Labute approximate surface area is 124 Å². The van der Waals surface area contributed by atoms with E-state index in [4.69, 9.17) is 26.2 Å².